The molecule has 1 N–H and O–H groups in total. The number of rotatable bonds is 4. The Morgan fingerprint density at radius 1 is 1.14 bits per heavy atom. The first-order chi connectivity index (χ1) is 13.8. The molecular formula is C20H15F3N4OS. The topological polar surface area (TPSA) is 61.9 Å². The summed E-state index contributed by atoms with van der Waals surface area (Å²) in [4.78, 5) is 26.0. The SMILES string of the molecule is CN(Cc1nc2ccccc2[nH]1)C(=O)c1csc(-c2cccc(C(F)(F)F)c2)n1. The third kappa shape index (κ3) is 4.00. The monoisotopic (exact) mass is 416 g/mol. The van der Waals surface area contributed by atoms with Crippen molar-refractivity contribution < 1.29 is 18.0 Å². The zero-order valence-electron chi connectivity index (χ0n) is 15.2. The molecule has 148 valence electrons. The average Bonchev–Trinajstić information content (AvgIpc) is 3.33. The number of nitrogens with zero attached hydrogens (tertiary/aromatic N) is 3. The van der Waals surface area contributed by atoms with Crippen LogP contribution < -0.4 is 0 Å². The van der Waals surface area contributed by atoms with Crippen LogP contribution in [0.1, 0.15) is 21.9 Å². The molecule has 0 saturated heterocycles. The Morgan fingerprint density at radius 3 is 2.69 bits per heavy atom. The van der Waals surface area contributed by atoms with E-state index in [4.69, 9.17) is 0 Å². The number of H-pyrrole nitrogens is 1. The molecule has 0 aliphatic carbocycles. The van der Waals surface area contributed by atoms with Gasteiger partial charge in [-0.1, -0.05) is 24.3 Å². The highest BCUT2D eigenvalue weighted by molar-refractivity contribution is 7.13. The Balaban J connectivity index is 1.52. The zero-order chi connectivity index (χ0) is 20.6. The second-order valence-electron chi connectivity index (χ2n) is 6.48. The summed E-state index contributed by atoms with van der Waals surface area (Å²) in [5, 5.41) is 1.91. The minimum absolute atomic E-state index is 0.182. The van der Waals surface area contributed by atoms with Gasteiger partial charge in [0.15, 0.2) is 0 Å². The fraction of sp³-hybridized carbons (Fsp3) is 0.150. The Kier molecular flexibility index (Phi) is 4.83. The van der Waals surface area contributed by atoms with Crippen LogP contribution in [0.25, 0.3) is 21.6 Å². The van der Waals surface area contributed by atoms with Crippen molar-refractivity contribution in [2.75, 3.05) is 7.05 Å². The molecular weight excluding hydrogens is 401 g/mol. The first kappa shape index (κ1) is 19.1. The summed E-state index contributed by atoms with van der Waals surface area (Å²) >= 11 is 1.13. The molecule has 1 amide bonds. The lowest BCUT2D eigenvalue weighted by molar-refractivity contribution is -0.137. The third-order valence-corrected chi connectivity index (χ3v) is 5.22. The number of carbonyl (C=O) groups excluding carboxylic acids is 1. The number of imidazole rings is 1. The van der Waals surface area contributed by atoms with E-state index in [-0.39, 0.29) is 18.1 Å². The van der Waals surface area contributed by atoms with Gasteiger partial charge < -0.3 is 9.88 Å². The molecule has 29 heavy (non-hydrogen) atoms. The van der Waals surface area contributed by atoms with Crippen molar-refractivity contribution >= 4 is 28.3 Å². The second-order valence-corrected chi connectivity index (χ2v) is 7.34. The highest BCUT2D eigenvalue weighted by Gasteiger charge is 2.30. The highest BCUT2D eigenvalue weighted by atomic mass is 32.1. The predicted octanol–water partition coefficient (Wildman–Crippen LogP) is 4.98. The number of hydrogen-bond acceptors (Lipinski definition) is 4. The molecule has 0 aliphatic rings. The fourth-order valence-electron chi connectivity index (χ4n) is 2.91. The first-order valence-electron chi connectivity index (χ1n) is 8.63. The summed E-state index contributed by atoms with van der Waals surface area (Å²) in [6.07, 6.45) is -4.43. The smallest absolute Gasteiger partial charge is 0.340 e. The number of nitrogens with one attached hydrogen (secondary N) is 1. The van der Waals surface area contributed by atoms with Crippen LogP contribution in [0.4, 0.5) is 13.2 Å². The van der Waals surface area contributed by atoms with Crippen molar-refractivity contribution in [3.8, 4) is 10.6 Å². The Morgan fingerprint density at radius 2 is 1.93 bits per heavy atom. The van der Waals surface area contributed by atoms with Gasteiger partial charge in [-0.15, -0.1) is 11.3 Å². The Bertz CT molecular complexity index is 1150. The van der Waals surface area contributed by atoms with Crippen LogP contribution in [0.2, 0.25) is 0 Å². The summed E-state index contributed by atoms with van der Waals surface area (Å²) in [7, 11) is 1.62. The molecule has 0 spiro atoms. The van der Waals surface area contributed by atoms with Crippen LogP contribution in [-0.4, -0.2) is 32.8 Å². The number of halogens is 3. The highest BCUT2D eigenvalue weighted by Crippen LogP contribution is 2.33. The van der Waals surface area contributed by atoms with Gasteiger partial charge in [-0.05, 0) is 24.3 Å². The second kappa shape index (κ2) is 7.32. The fourth-order valence-corrected chi connectivity index (χ4v) is 3.70. The lowest BCUT2D eigenvalue weighted by atomic mass is 10.1. The molecule has 2 heterocycles. The molecule has 2 aromatic carbocycles. The van der Waals surface area contributed by atoms with Crippen LogP contribution >= 0.6 is 11.3 Å². The molecule has 0 fully saturated rings. The minimum Gasteiger partial charge on any atom is -0.340 e. The summed E-state index contributed by atoms with van der Waals surface area (Å²) in [5.41, 5.74) is 1.44. The van der Waals surface area contributed by atoms with Crippen molar-refractivity contribution in [1.82, 2.24) is 19.9 Å². The van der Waals surface area contributed by atoms with Crippen LogP contribution in [0.3, 0.4) is 0 Å². The zero-order valence-corrected chi connectivity index (χ0v) is 16.0. The van der Waals surface area contributed by atoms with E-state index in [0.29, 0.717) is 16.4 Å². The van der Waals surface area contributed by atoms with Crippen molar-refractivity contribution in [2.24, 2.45) is 0 Å². The van der Waals surface area contributed by atoms with Gasteiger partial charge in [0, 0.05) is 18.0 Å². The van der Waals surface area contributed by atoms with Gasteiger partial charge in [0.1, 0.15) is 16.5 Å². The van der Waals surface area contributed by atoms with E-state index < -0.39 is 11.7 Å². The van der Waals surface area contributed by atoms with E-state index in [1.54, 1.807) is 18.5 Å². The van der Waals surface area contributed by atoms with E-state index in [2.05, 4.69) is 15.0 Å². The van der Waals surface area contributed by atoms with Gasteiger partial charge in [0.05, 0.1) is 23.1 Å². The number of alkyl halides is 3. The van der Waals surface area contributed by atoms with Crippen molar-refractivity contribution in [3.63, 3.8) is 0 Å². The van der Waals surface area contributed by atoms with Crippen LogP contribution in [0.15, 0.2) is 53.9 Å². The number of benzene rings is 2. The van der Waals surface area contributed by atoms with Crippen molar-refractivity contribution in [1.29, 1.82) is 0 Å². The molecule has 0 unspecified atom stereocenters. The molecule has 0 bridgehead atoms. The normalized spacial score (nSPS) is 11.7. The molecule has 2 aromatic heterocycles. The Hall–Kier alpha value is -3.20. The number of thiazole rings is 1. The number of para-hydroxylation sites is 2. The van der Waals surface area contributed by atoms with Gasteiger partial charge in [0.25, 0.3) is 5.91 Å². The Labute approximate surface area is 167 Å². The number of fused-ring (bicyclic) bond motifs is 1. The van der Waals surface area contributed by atoms with Crippen LogP contribution in [0, 0.1) is 0 Å². The van der Waals surface area contributed by atoms with Crippen LogP contribution in [-0.2, 0) is 12.7 Å². The first-order valence-corrected chi connectivity index (χ1v) is 9.51. The molecule has 0 atom stereocenters. The molecule has 4 rings (SSSR count). The summed E-state index contributed by atoms with van der Waals surface area (Å²) in [5.74, 6) is 0.301. The van der Waals surface area contributed by atoms with Gasteiger partial charge in [-0.2, -0.15) is 13.2 Å². The van der Waals surface area contributed by atoms with Gasteiger partial charge in [-0.3, -0.25) is 4.79 Å². The summed E-state index contributed by atoms with van der Waals surface area (Å²) in [6.45, 7) is 0.254. The number of carbonyl (C=O) groups is 1. The summed E-state index contributed by atoms with van der Waals surface area (Å²) in [6, 6.07) is 12.5. The molecule has 9 heteroatoms. The van der Waals surface area contributed by atoms with E-state index in [0.717, 1.165) is 34.5 Å². The lowest BCUT2D eigenvalue weighted by Crippen LogP contribution is -2.27. The molecule has 4 aromatic rings. The van der Waals surface area contributed by atoms with Gasteiger partial charge >= 0.3 is 6.18 Å². The number of aromatic amines is 1. The quantitative estimate of drug-likeness (QED) is 0.511. The molecule has 5 nitrogen and oxygen atoms in total. The summed E-state index contributed by atoms with van der Waals surface area (Å²) < 4.78 is 38.8. The van der Waals surface area contributed by atoms with Crippen molar-refractivity contribution in [2.45, 2.75) is 12.7 Å². The minimum atomic E-state index is -4.43. The maximum Gasteiger partial charge on any atom is 0.416 e. The maximum atomic E-state index is 12.9. The number of aromatic nitrogens is 3. The van der Waals surface area contributed by atoms with Gasteiger partial charge in [0.2, 0.25) is 0 Å². The predicted molar refractivity (Wildman–Crippen MR) is 104 cm³/mol. The average molecular weight is 416 g/mol. The maximum absolute atomic E-state index is 12.9. The van der Waals surface area contributed by atoms with Crippen molar-refractivity contribution in [3.05, 3.63) is 71.0 Å². The van der Waals surface area contributed by atoms with Crippen LogP contribution in [0.5, 0.6) is 0 Å². The third-order valence-electron chi connectivity index (χ3n) is 4.33. The number of hydrogen-bond donors (Lipinski definition) is 1. The van der Waals surface area contributed by atoms with E-state index >= 15 is 0 Å². The molecule has 0 aliphatic heterocycles. The lowest BCUT2D eigenvalue weighted by Gasteiger charge is -2.14. The van der Waals surface area contributed by atoms with Gasteiger partial charge in [-0.25, -0.2) is 9.97 Å². The van der Waals surface area contributed by atoms with E-state index in [1.807, 2.05) is 24.3 Å². The van der Waals surface area contributed by atoms with E-state index in [1.165, 1.54) is 11.0 Å². The molecule has 0 radical (unpaired) electrons. The van der Waals surface area contributed by atoms with E-state index in [9.17, 15) is 18.0 Å². The standard InChI is InChI=1S/C20H15F3N4OS/c1-27(10-17-24-14-7-2-3-8-15(14)25-17)19(28)16-11-29-18(26-16)12-5-4-6-13(9-12)20(21,22)23/h2-9,11H,10H2,1H3,(H,24,25). The number of amides is 1. The largest absolute Gasteiger partial charge is 0.416 e. The molecule has 0 saturated carbocycles.